The van der Waals surface area contributed by atoms with Crippen LogP contribution in [0.3, 0.4) is 0 Å². The van der Waals surface area contributed by atoms with E-state index in [2.05, 4.69) is 0 Å². The van der Waals surface area contributed by atoms with Crippen LogP contribution in [0, 0.1) is 5.92 Å². The Morgan fingerprint density at radius 1 is 0.640 bits per heavy atom. The molecule has 0 spiro atoms. The van der Waals surface area contributed by atoms with E-state index in [9.17, 15) is 30.6 Å². The molecule has 2 aliphatic rings. The maximum Gasteiger partial charge on any atom is 0.111 e. The third-order valence-corrected chi connectivity index (χ3v) is 4.94. The Morgan fingerprint density at radius 2 is 1.08 bits per heavy atom. The molecular formula is C15H28O10. The summed E-state index contributed by atoms with van der Waals surface area (Å²) in [5.74, 6) is -0.443. The SMILES string of the molecule is CC1C(CO)OC(COCC2OC(CO)C(O)C(O)C2O)C(O)C1O. The standard InChI is InChI=1S/C15H28O10/c1-6-7(2-16)24-9(13(20)11(6)18)4-23-5-10-14(21)15(22)12(19)8(3-17)25-10/h6-22H,2-5H2,1H3. The average molecular weight is 368 g/mol. The van der Waals surface area contributed by atoms with Crippen LogP contribution in [-0.4, -0.2) is 117 Å². The van der Waals surface area contributed by atoms with E-state index in [0.29, 0.717) is 0 Å². The van der Waals surface area contributed by atoms with Crippen LogP contribution in [-0.2, 0) is 14.2 Å². The first-order valence-corrected chi connectivity index (χ1v) is 8.32. The molecule has 2 rings (SSSR count). The molecule has 0 aromatic rings. The zero-order valence-corrected chi connectivity index (χ0v) is 14.0. The molecule has 10 atom stereocenters. The molecule has 148 valence electrons. The Kier molecular flexibility index (Phi) is 7.52. The molecule has 10 heteroatoms. The van der Waals surface area contributed by atoms with Gasteiger partial charge in [0.1, 0.15) is 42.7 Å². The Balaban J connectivity index is 1.87. The zero-order chi connectivity index (χ0) is 18.7. The Labute approximate surface area is 145 Å². The molecule has 7 N–H and O–H groups in total. The van der Waals surface area contributed by atoms with Gasteiger partial charge in [-0.3, -0.25) is 0 Å². The molecule has 0 aromatic heterocycles. The van der Waals surface area contributed by atoms with E-state index in [0.717, 1.165) is 0 Å². The van der Waals surface area contributed by atoms with E-state index >= 15 is 0 Å². The van der Waals surface area contributed by atoms with Crippen LogP contribution in [0.1, 0.15) is 6.92 Å². The molecule has 25 heavy (non-hydrogen) atoms. The first-order chi connectivity index (χ1) is 11.8. The van der Waals surface area contributed by atoms with E-state index in [-0.39, 0.29) is 19.8 Å². The molecule has 2 aliphatic heterocycles. The fourth-order valence-corrected chi connectivity index (χ4v) is 3.14. The molecule has 0 aliphatic carbocycles. The van der Waals surface area contributed by atoms with Crippen LogP contribution in [0.5, 0.6) is 0 Å². The summed E-state index contributed by atoms with van der Waals surface area (Å²) in [4.78, 5) is 0. The maximum absolute atomic E-state index is 10.0. The molecule has 0 radical (unpaired) electrons. The van der Waals surface area contributed by atoms with Crippen molar-refractivity contribution in [3.8, 4) is 0 Å². The van der Waals surface area contributed by atoms with Crippen molar-refractivity contribution in [2.45, 2.75) is 61.9 Å². The van der Waals surface area contributed by atoms with Crippen LogP contribution < -0.4 is 0 Å². The molecule has 2 fully saturated rings. The molecule has 0 saturated carbocycles. The lowest BCUT2D eigenvalue weighted by atomic mass is 9.88. The summed E-state index contributed by atoms with van der Waals surface area (Å²) >= 11 is 0. The van der Waals surface area contributed by atoms with Crippen LogP contribution in [0.15, 0.2) is 0 Å². The van der Waals surface area contributed by atoms with Crippen molar-refractivity contribution in [1.82, 2.24) is 0 Å². The minimum atomic E-state index is -1.49. The molecule has 2 saturated heterocycles. The van der Waals surface area contributed by atoms with Gasteiger partial charge in [0.15, 0.2) is 0 Å². The van der Waals surface area contributed by atoms with Crippen LogP contribution >= 0.6 is 0 Å². The van der Waals surface area contributed by atoms with Crippen molar-refractivity contribution >= 4 is 0 Å². The van der Waals surface area contributed by atoms with Gasteiger partial charge in [-0.15, -0.1) is 0 Å². The quantitative estimate of drug-likeness (QED) is 0.245. The summed E-state index contributed by atoms with van der Waals surface area (Å²) in [5.41, 5.74) is 0. The van der Waals surface area contributed by atoms with Gasteiger partial charge in [0, 0.05) is 5.92 Å². The van der Waals surface area contributed by atoms with E-state index in [1.165, 1.54) is 0 Å². The van der Waals surface area contributed by atoms with Gasteiger partial charge in [0.05, 0.1) is 38.6 Å². The third-order valence-electron chi connectivity index (χ3n) is 4.94. The summed E-state index contributed by atoms with van der Waals surface area (Å²) in [7, 11) is 0. The topological polar surface area (TPSA) is 169 Å². The second kappa shape index (κ2) is 9.00. The van der Waals surface area contributed by atoms with Crippen molar-refractivity contribution in [1.29, 1.82) is 0 Å². The highest BCUT2D eigenvalue weighted by atomic mass is 16.6. The van der Waals surface area contributed by atoms with Crippen molar-refractivity contribution in [2.75, 3.05) is 26.4 Å². The van der Waals surface area contributed by atoms with Crippen molar-refractivity contribution < 1.29 is 50.0 Å². The number of aliphatic hydroxyl groups is 7. The highest BCUT2D eigenvalue weighted by Crippen LogP contribution is 2.26. The highest BCUT2D eigenvalue weighted by Gasteiger charge is 2.44. The highest BCUT2D eigenvalue weighted by molar-refractivity contribution is 4.93. The second-order valence-corrected chi connectivity index (χ2v) is 6.64. The first kappa shape index (κ1) is 20.9. The van der Waals surface area contributed by atoms with Crippen LogP contribution in [0.25, 0.3) is 0 Å². The summed E-state index contributed by atoms with van der Waals surface area (Å²) in [5, 5.41) is 67.8. The Bertz CT molecular complexity index is 370. The zero-order valence-electron chi connectivity index (χ0n) is 14.0. The van der Waals surface area contributed by atoms with E-state index in [1.54, 1.807) is 6.92 Å². The summed E-state index contributed by atoms with van der Waals surface area (Å²) in [6.07, 6.45) is -10.2. The average Bonchev–Trinajstić information content (AvgIpc) is 2.61. The van der Waals surface area contributed by atoms with Crippen molar-refractivity contribution in [3.05, 3.63) is 0 Å². The van der Waals surface area contributed by atoms with Gasteiger partial charge in [0.25, 0.3) is 0 Å². The molecule has 10 nitrogen and oxygen atoms in total. The third kappa shape index (κ3) is 4.48. The van der Waals surface area contributed by atoms with Crippen LogP contribution in [0.2, 0.25) is 0 Å². The second-order valence-electron chi connectivity index (χ2n) is 6.64. The van der Waals surface area contributed by atoms with E-state index in [4.69, 9.17) is 19.3 Å². The molecule has 0 bridgehead atoms. The van der Waals surface area contributed by atoms with Gasteiger partial charge < -0.3 is 50.0 Å². The summed E-state index contributed by atoms with van der Waals surface area (Å²) in [6.45, 7) is 0.474. The number of aliphatic hydroxyl groups excluding tert-OH is 7. The summed E-state index contributed by atoms with van der Waals surface area (Å²) < 4.78 is 16.2. The van der Waals surface area contributed by atoms with E-state index in [1.807, 2.05) is 0 Å². The molecule has 2 heterocycles. The van der Waals surface area contributed by atoms with Gasteiger partial charge in [0.2, 0.25) is 0 Å². The largest absolute Gasteiger partial charge is 0.394 e. The van der Waals surface area contributed by atoms with E-state index < -0.39 is 67.5 Å². The predicted molar refractivity (Wildman–Crippen MR) is 81.5 cm³/mol. The summed E-state index contributed by atoms with van der Waals surface area (Å²) in [6, 6.07) is 0. The minimum absolute atomic E-state index is 0.142. The molecular weight excluding hydrogens is 340 g/mol. The lowest BCUT2D eigenvalue weighted by molar-refractivity contribution is -0.247. The first-order valence-electron chi connectivity index (χ1n) is 8.32. The van der Waals surface area contributed by atoms with Crippen molar-refractivity contribution in [2.24, 2.45) is 5.92 Å². The smallest absolute Gasteiger partial charge is 0.111 e. The van der Waals surface area contributed by atoms with Crippen LogP contribution in [0.4, 0.5) is 0 Å². The number of hydrogen-bond donors (Lipinski definition) is 7. The number of rotatable bonds is 6. The van der Waals surface area contributed by atoms with Gasteiger partial charge in [-0.2, -0.15) is 0 Å². The molecule has 0 aromatic carbocycles. The lowest BCUT2D eigenvalue weighted by Gasteiger charge is -2.42. The van der Waals surface area contributed by atoms with Gasteiger partial charge in [-0.1, -0.05) is 6.92 Å². The fraction of sp³-hybridized carbons (Fsp3) is 1.00. The van der Waals surface area contributed by atoms with Gasteiger partial charge >= 0.3 is 0 Å². The number of hydrogen-bond acceptors (Lipinski definition) is 10. The maximum atomic E-state index is 10.0. The van der Waals surface area contributed by atoms with Crippen molar-refractivity contribution in [3.63, 3.8) is 0 Å². The minimum Gasteiger partial charge on any atom is -0.394 e. The monoisotopic (exact) mass is 368 g/mol. The normalized spacial score (nSPS) is 48.5. The Hall–Kier alpha value is -0.400. The lowest BCUT2D eigenvalue weighted by Crippen LogP contribution is -2.60. The predicted octanol–water partition coefficient (Wildman–Crippen LogP) is -4.04. The van der Waals surface area contributed by atoms with Gasteiger partial charge in [-0.05, 0) is 0 Å². The molecule has 0 amide bonds. The van der Waals surface area contributed by atoms with Gasteiger partial charge in [-0.25, -0.2) is 0 Å². The Morgan fingerprint density at radius 3 is 1.60 bits per heavy atom. The fourth-order valence-electron chi connectivity index (χ4n) is 3.14. The molecule has 10 unspecified atom stereocenters. The number of ether oxygens (including phenoxy) is 3.